The molecule has 1 heterocycles. The highest BCUT2D eigenvalue weighted by molar-refractivity contribution is 7.71. The Hall–Kier alpha value is -0.640. The van der Waals surface area contributed by atoms with Gasteiger partial charge in [-0.15, -0.1) is 0 Å². The molecular weight excluding hydrogens is 230 g/mol. The molecule has 1 aromatic rings. The zero-order chi connectivity index (χ0) is 11.8. The highest BCUT2D eigenvalue weighted by Crippen LogP contribution is 2.39. The van der Waals surface area contributed by atoms with Gasteiger partial charge in [-0.25, -0.2) is 0 Å². The summed E-state index contributed by atoms with van der Waals surface area (Å²) in [6.45, 7) is 3.47. The first-order chi connectivity index (χ1) is 8.24. The number of hydrogen-bond donors (Lipinski definition) is 1. The summed E-state index contributed by atoms with van der Waals surface area (Å²) in [5, 5.41) is 7.38. The van der Waals surface area contributed by atoms with E-state index < -0.39 is 0 Å². The maximum absolute atomic E-state index is 5.36. The van der Waals surface area contributed by atoms with Crippen LogP contribution < -0.4 is 0 Å². The minimum atomic E-state index is 0.684. The predicted octanol–water partition coefficient (Wildman–Crippen LogP) is 3.64. The molecule has 94 valence electrons. The molecule has 17 heavy (non-hydrogen) atoms. The molecule has 1 aromatic heterocycles. The van der Waals surface area contributed by atoms with E-state index in [0.717, 1.165) is 23.2 Å². The van der Waals surface area contributed by atoms with Gasteiger partial charge in [-0.05, 0) is 49.7 Å². The van der Waals surface area contributed by atoms with Crippen molar-refractivity contribution in [3.63, 3.8) is 0 Å². The van der Waals surface area contributed by atoms with Crippen LogP contribution in [0.15, 0.2) is 0 Å². The third-order valence-corrected chi connectivity index (χ3v) is 4.53. The number of nitrogens with zero attached hydrogens (tertiary/aromatic N) is 2. The summed E-state index contributed by atoms with van der Waals surface area (Å²) in [4.78, 5) is 0. The molecule has 2 fully saturated rings. The van der Waals surface area contributed by atoms with Crippen molar-refractivity contribution in [2.45, 2.75) is 57.9 Å². The molecule has 3 rings (SSSR count). The molecular formula is C13H21N3S. The number of aromatic nitrogens is 3. The summed E-state index contributed by atoms with van der Waals surface area (Å²) in [6.07, 6.45) is 8.10. The van der Waals surface area contributed by atoms with Gasteiger partial charge in [0.05, 0.1) is 0 Å². The summed E-state index contributed by atoms with van der Waals surface area (Å²) in [7, 11) is 0. The van der Waals surface area contributed by atoms with Gasteiger partial charge in [-0.3, -0.25) is 5.10 Å². The second-order valence-electron chi connectivity index (χ2n) is 5.91. The molecule has 0 aliphatic heterocycles. The first kappa shape index (κ1) is 11.5. The molecule has 2 atom stereocenters. The first-order valence-electron chi connectivity index (χ1n) is 6.89. The average Bonchev–Trinajstić information content (AvgIpc) is 3.07. The topological polar surface area (TPSA) is 33.6 Å². The van der Waals surface area contributed by atoms with Crippen molar-refractivity contribution < 1.29 is 0 Å². The van der Waals surface area contributed by atoms with Crippen molar-refractivity contribution >= 4 is 12.2 Å². The van der Waals surface area contributed by atoms with Crippen molar-refractivity contribution in [3.8, 4) is 0 Å². The maximum Gasteiger partial charge on any atom is 0.195 e. The minimum absolute atomic E-state index is 0.684. The van der Waals surface area contributed by atoms with Gasteiger partial charge in [0, 0.05) is 12.5 Å². The molecule has 0 radical (unpaired) electrons. The SMILES string of the molecule is CC1CCCC(Cn2c(C3CC3)n[nH]c2=S)C1. The van der Waals surface area contributed by atoms with Gasteiger partial charge in [0.2, 0.25) is 0 Å². The van der Waals surface area contributed by atoms with Crippen molar-refractivity contribution in [2.24, 2.45) is 11.8 Å². The number of hydrogen-bond acceptors (Lipinski definition) is 2. The third-order valence-electron chi connectivity index (χ3n) is 4.22. The Morgan fingerprint density at radius 3 is 2.88 bits per heavy atom. The van der Waals surface area contributed by atoms with E-state index in [1.807, 2.05) is 0 Å². The van der Waals surface area contributed by atoms with Gasteiger partial charge in [0.1, 0.15) is 5.82 Å². The van der Waals surface area contributed by atoms with E-state index in [-0.39, 0.29) is 0 Å². The van der Waals surface area contributed by atoms with Crippen LogP contribution in [0, 0.1) is 16.6 Å². The van der Waals surface area contributed by atoms with Crippen LogP contribution in [0.2, 0.25) is 0 Å². The Labute approximate surface area is 108 Å². The molecule has 0 saturated heterocycles. The lowest BCUT2D eigenvalue weighted by Gasteiger charge is -2.27. The summed E-state index contributed by atoms with van der Waals surface area (Å²) in [6, 6.07) is 0. The molecule has 0 bridgehead atoms. The molecule has 2 aliphatic carbocycles. The molecule has 1 N–H and O–H groups in total. The van der Waals surface area contributed by atoms with Gasteiger partial charge in [0.15, 0.2) is 4.77 Å². The van der Waals surface area contributed by atoms with E-state index >= 15 is 0 Å². The van der Waals surface area contributed by atoms with E-state index in [0.29, 0.717) is 5.92 Å². The Balaban J connectivity index is 1.75. The monoisotopic (exact) mass is 251 g/mol. The highest BCUT2D eigenvalue weighted by Gasteiger charge is 2.30. The molecule has 3 nitrogen and oxygen atoms in total. The van der Waals surface area contributed by atoms with Crippen molar-refractivity contribution in [1.29, 1.82) is 0 Å². The summed E-state index contributed by atoms with van der Waals surface area (Å²) >= 11 is 5.36. The zero-order valence-corrected chi connectivity index (χ0v) is 11.3. The second-order valence-corrected chi connectivity index (χ2v) is 6.30. The quantitative estimate of drug-likeness (QED) is 0.832. The van der Waals surface area contributed by atoms with Crippen LogP contribution in [0.25, 0.3) is 0 Å². The van der Waals surface area contributed by atoms with Gasteiger partial charge in [-0.2, -0.15) is 5.10 Å². The number of rotatable bonds is 3. The van der Waals surface area contributed by atoms with Crippen molar-refractivity contribution in [3.05, 3.63) is 10.6 Å². The summed E-state index contributed by atoms with van der Waals surface area (Å²) in [5.74, 6) is 3.59. The van der Waals surface area contributed by atoms with E-state index in [9.17, 15) is 0 Å². The van der Waals surface area contributed by atoms with Gasteiger partial charge in [0.25, 0.3) is 0 Å². The summed E-state index contributed by atoms with van der Waals surface area (Å²) in [5.41, 5.74) is 0. The van der Waals surface area contributed by atoms with Crippen LogP contribution in [0.5, 0.6) is 0 Å². The standard InChI is InChI=1S/C13H21N3S/c1-9-3-2-4-10(7-9)8-16-12(11-5-6-11)14-15-13(16)17/h9-11H,2-8H2,1H3,(H,15,17). The van der Waals surface area contributed by atoms with Crippen molar-refractivity contribution in [2.75, 3.05) is 0 Å². The Kier molecular flexibility index (Phi) is 3.07. The fourth-order valence-corrected chi connectivity index (χ4v) is 3.36. The largest absolute Gasteiger partial charge is 0.304 e. The van der Waals surface area contributed by atoms with E-state index in [4.69, 9.17) is 12.2 Å². The van der Waals surface area contributed by atoms with E-state index in [1.165, 1.54) is 44.3 Å². The fraction of sp³-hybridized carbons (Fsp3) is 0.846. The molecule has 4 heteroatoms. The second kappa shape index (κ2) is 4.56. The normalized spacial score (nSPS) is 29.5. The predicted molar refractivity (Wildman–Crippen MR) is 70.5 cm³/mol. The Morgan fingerprint density at radius 1 is 1.35 bits per heavy atom. The molecule has 2 unspecified atom stereocenters. The fourth-order valence-electron chi connectivity index (χ4n) is 3.14. The molecule has 2 saturated carbocycles. The molecule has 0 aromatic carbocycles. The third kappa shape index (κ3) is 2.46. The van der Waals surface area contributed by atoms with Gasteiger partial charge in [-0.1, -0.05) is 19.8 Å². The van der Waals surface area contributed by atoms with Gasteiger partial charge < -0.3 is 4.57 Å². The lowest BCUT2D eigenvalue weighted by atomic mass is 9.82. The number of aromatic amines is 1. The molecule has 0 amide bonds. The Morgan fingerprint density at radius 2 is 2.18 bits per heavy atom. The highest BCUT2D eigenvalue weighted by atomic mass is 32.1. The molecule has 2 aliphatic rings. The smallest absolute Gasteiger partial charge is 0.195 e. The Bertz CT molecular complexity index is 444. The van der Waals surface area contributed by atoms with Gasteiger partial charge >= 0.3 is 0 Å². The summed E-state index contributed by atoms with van der Waals surface area (Å²) < 4.78 is 3.10. The van der Waals surface area contributed by atoms with Crippen LogP contribution in [-0.2, 0) is 6.54 Å². The van der Waals surface area contributed by atoms with E-state index in [2.05, 4.69) is 21.7 Å². The van der Waals surface area contributed by atoms with Crippen LogP contribution in [0.4, 0.5) is 0 Å². The maximum atomic E-state index is 5.36. The first-order valence-corrected chi connectivity index (χ1v) is 7.30. The van der Waals surface area contributed by atoms with E-state index in [1.54, 1.807) is 0 Å². The van der Waals surface area contributed by atoms with Crippen molar-refractivity contribution in [1.82, 2.24) is 14.8 Å². The molecule has 0 spiro atoms. The number of H-pyrrole nitrogens is 1. The van der Waals surface area contributed by atoms with Crippen LogP contribution in [0.1, 0.15) is 57.2 Å². The van der Waals surface area contributed by atoms with Crippen LogP contribution in [0.3, 0.4) is 0 Å². The minimum Gasteiger partial charge on any atom is -0.304 e. The lowest BCUT2D eigenvalue weighted by Crippen LogP contribution is -2.19. The van der Waals surface area contributed by atoms with Crippen LogP contribution in [-0.4, -0.2) is 14.8 Å². The van der Waals surface area contributed by atoms with Crippen LogP contribution >= 0.6 is 12.2 Å². The average molecular weight is 251 g/mol. The zero-order valence-electron chi connectivity index (χ0n) is 10.5. The number of nitrogens with one attached hydrogen (secondary N) is 1. The lowest BCUT2D eigenvalue weighted by molar-refractivity contribution is 0.254.